The normalized spacial score (nSPS) is 22.3. The number of rotatable bonds is 1. The van der Waals surface area contributed by atoms with Gasteiger partial charge < -0.3 is 10.4 Å². The van der Waals surface area contributed by atoms with Crippen LogP contribution in [0.3, 0.4) is 0 Å². The predicted molar refractivity (Wildman–Crippen MR) is 72.1 cm³/mol. The van der Waals surface area contributed by atoms with E-state index in [4.69, 9.17) is 4.84 Å². The van der Waals surface area contributed by atoms with E-state index in [1.54, 1.807) is 11.7 Å². The maximum atomic E-state index is 12.3. The van der Waals surface area contributed by atoms with E-state index in [0.717, 1.165) is 24.2 Å². The van der Waals surface area contributed by atoms with Crippen molar-refractivity contribution in [3.63, 3.8) is 0 Å². The summed E-state index contributed by atoms with van der Waals surface area (Å²) in [6.07, 6.45) is 0.395. The van der Waals surface area contributed by atoms with Crippen molar-refractivity contribution in [1.82, 2.24) is 20.2 Å². The van der Waals surface area contributed by atoms with E-state index >= 15 is 0 Å². The van der Waals surface area contributed by atoms with Gasteiger partial charge >= 0.3 is 0 Å². The Morgan fingerprint density at radius 2 is 2.37 bits per heavy atom. The molecule has 1 amide bonds. The van der Waals surface area contributed by atoms with Crippen molar-refractivity contribution in [2.24, 2.45) is 0 Å². The number of aliphatic hydroxyl groups is 1. The van der Waals surface area contributed by atoms with Gasteiger partial charge in [0, 0.05) is 32.1 Å². The minimum Gasteiger partial charge on any atom is -0.393 e. The number of carbonyl (C=O) groups excluding carboxylic acids is 1. The molecule has 2 aliphatic heterocycles. The Balaban J connectivity index is 0.00000133. The largest absolute Gasteiger partial charge is 0.393 e. The van der Waals surface area contributed by atoms with Gasteiger partial charge in [0.15, 0.2) is 0 Å². The molecule has 0 saturated carbocycles. The van der Waals surface area contributed by atoms with Crippen molar-refractivity contribution in [3.05, 3.63) is 17.0 Å². The van der Waals surface area contributed by atoms with Gasteiger partial charge in [-0.15, -0.1) is 0 Å². The third kappa shape index (κ3) is 2.36. The monoisotopic (exact) mass is 286 g/mol. The second kappa shape index (κ2) is 5.49. The SMILES string of the molecule is CN1O[C@H](CO)Cn2nc3c(c2C1=O)CNCC3.S. The van der Waals surface area contributed by atoms with Gasteiger partial charge in [-0.2, -0.15) is 18.6 Å². The lowest BCUT2D eigenvalue weighted by atomic mass is 10.1. The van der Waals surface area contributed by atoms with E-state index in [1.165, 1.54) is 5.06 Å². The summed E-state index contributed by atoms with van der Waals surface area (Å²) in [4.78, 5) is 17.6. The average molecular weight is 286 g/mol. The highest BCUT2D eigenvalue weighted by atomic mass is 32.1. The number of amides is 1. The topological polar surface area (TPSA) is 79.6 Å². The van der Waals surface area contributed by atoms with Crippen molar-refractivity contribution < 1.29 is 14.7 Å². The van der Waals surface area contributed by atoms with Gasteiger partial charge in [-0.05, 0) is 0 Å². The fraction of sp³-hybridized carbons (Fsp3) is 0.636. The molecule has 0 aromatic carbocycles. The number of nitrogens with one attached hydrogen (secondary N) is 1. The van der Waals surface area contributed by atoms with E-state index in [2.05, 4.69) is 10.4 Å². The quantitative estimate of drug-likeness (QED) is 0.694. The molecule has 0 aliphatic carbocycles. The van der Waals surface area contributed by atoms with Crippen LogP contribution in [-0.2, 0) is 24.3 Å². The van der Waals surface area contributed by atoms with Crippen LogP contribution >= 0.6 is 13.5 Å². The first-order valence-corrected chi connectivity index (χ1v) is 6.05. The smallest absolute Gasteiger partial charge is 0.295 e. The summed E-state index contributed by atoms with van der Waals surface area (Å²) in [5.74, 6) is -0.205. The highest BCUT2D eigenvalue weighted by Gasteiger charge is 2.32. The second-order valence-corrected chi connectivity index (χ2v) is 4.60. The lowest BCUT2D eigenvalue weighted by Crippen LogP contribution is -2.33. The van der Waals surface area contributed by atoms with Crippen LogP contribution < -0.4 is 5.32 Å². The number of fused-ring (bicyclic) bond motifs is 3. The Bertz CT molecular complexity index is 491. The van der Waals surface area contributed by atoms with Crippen molar-refractivity contribution in [2.45, 2.75) is 25.6 Å². The molecule has 0 saturated heterocycles. The number of carbonyl (C=O) groups is 1. The summed E-state index contributed by atoms with van der Waals surface area (Å²) in [5.41, 5.74) is 2.51. The number of hydrogen-bond acceptors (Lipinski definition) is 5. The maximum absolute atomic E-state index is 12.3. The number of nitrogens with zero attached hydrogens (tertiary/aromatic N) is 3. The Morgan fingerprint density at radius 3 is 3.11 bits per heavy atom. The van der Waals surface area contributed by atoms with E-state index in [9.17, 15) is 9.90 Å². The van der Waals surface area contributed by atoms with Gasteiger partial charge in [-0.1, -0.05) is 0 Å². The first kappa shape index (κ1) is 14.3. The molecule has 19 heavy (non-hydrogen) atoms. The van der Waals surface area contributed by atoms with Crippen molar-refractivity contribution >= 4 is 19.4 Å². The zero-order valence-corrected chi connectivity index (χ0v) is 11.7. The fourth-order valence-corrected chi connectivity index (χ4v) is 2.46. The van der Waals surface area contributed by atoms with Crippen LogP contribution in [0.5, 0.6) is 0 Å². The van der Waals surface area contributed by atoms with Crippen LogP contribution in [0.15, 0.2) is 0 Å². The molecule has 106 valence electrons. The van der Waals surface area contributed by atoms with Crippen LogP contribution in [0, 0.1) is 0 Å². The molecule has 7 nitrogen and oxygen atoms in total. The number of aliphatic hydroxyl groups excluding tert-OH is 1. The highest BCUT2D eigenvalue weighted by molar-refractivity contribution is 7.59. The van der Waals surface area contributed by atoms with Gasteiger partial charge in [-0.3, -0.25) is 14.3 Å². The maximum Gasteiger partial charge on any atom is 0.295 e. The summed E-state index contributed by atoms with van der Waals surface area (Å²) in [6.45, 7) is 1.80. The highest BCUT2D eigenvalue weighted by Crippen LogP contribution is 2.22. The molecule has 3 heterocycles. The minimum atomic E-state index is -0.436. The van der Waals surface area contributed by atoms with Gasteiger partial charge in [0.2, 0.25) is 0 Å². The molecular formula is C11H18N4O3S. The Kier molecular flexibility index (Phi) is 4.14. The molecule has 1 atom stereocenters. The number of hydroxylamine groups is 2. The van der Waals surface area contributed by atoms with Crippen molar-refractivity contribution in [1.29, 1.82) is 0 Å². The summed E-state index contributed by atoms with van der Waals surface area (Å²) < 4.78 is 1.67. The summed E-state index contributed by atoms with van der Waals surface area (Å²) >= 11 is 0. The summed E-state index contributed by atoms with van der Waals surface area (Å²) in [7, 11) is 1.57. The van der Waals surface area contributed by atoms with E-state index in [0.29, 0.717) is 18.8 Å². The molecule has 1 aromatic heterocycles. The lowest BCUT2D eigenvalue weighted by Gasteiger charge is -2.19. The first-order chi connectivity index (χ1) is 8.70. The van der Waals surface area contributed by atoms with Crippen molar-refractivity contribution in [3.8, 4) is 0 Å². The van der Waals surface area contributed by atoms with Gasteiger partial charge in [-0.25, -0.2) is 5.06 Å². The number of aromatic nitrogens is 2. The van der Waals surface area contributed by atoms with E-state index < -0.39 is 6.10 Å². The zero-order chi connectivity index (χ0) is 12.7. The second-order valence-electron chi connectivity index (χ2n) is 4.60. The first-order valence-electron chi connectivity index (χ1n) is 6.05. The molecule has 1 aromatic rings. The van der Waals surface area contributed by atoms with Gasteiger partial charge in [0.25, 0.3) is 5.91 Å². The Labute approximate surface area is 117 Å². The molecule has 0 radical (unpaired) electrons. The minimum absolute atomic E-state index is 0. The van der Waals surface area contributed by atoms with E-state index in [-0.39, 0.29) is 26.0 Å². The molecule has 2 N–H and O–H groups in total. The average Bonchev–Trinajstić information content (AvgIpc) is 2.69. The van der Waals surface area contributed by atoms with Crippen LogP contribution in [-0.4, -0.2) is 52.2 Å². The van der Waals surface area contributed by atoms with E-state index in [1.807, 2.05) is 0 Å². The van der Waals surface area contributed by atoms with Crippen LogP contribution in [0.1, 0.15) is 21.7 Å². The Hall–Kier alpha value is -1.09. The zero-order valence-electron chi connectivity index (χ0n) is 10.7. The molecule has 2 aliphatic rings. The molecule has 0 bridgehead atoms. The third-order valence-corrected chi connectivity index (χ3v) is 3.35. The van der Waals surface area contributed by atoms with Crippen LogP contribution in [0.4, 0.5) is 0 Å². The lowest BCUT2D eigenvalue weighted by molar-refractivity contribution is -0.159. The van der Waals surface area contributed by atoms with Gasteiger partial charge in [0.1, 0.15) is 11.8 Å². The molecule has 8 heteroatoms. The standard InChI is InChI=1S/C11H16N4O3.H2S/c1-14-11(17)10-8-4-12-3-2-9(8)13-15(10)5-7(6-16)18-14;/h7,12,16H,2-6H2,1H3;1H2/t7-;/m0./s1. The van der Waals surface area contributed by atoms with Crippen LogP contribution in [0.25, 0.3) is 0 Å². The molecule has 0 spiro atoms. The molecule has 0 unspecified atom stereocenters. The third-order valence-electron chi connectivity index (χ3n) is 3.35. The predicted octanol–water partition coefficient (Wildman–Crippen LogP) is -0.980. The fourth-order valence-electron chi connectivity index (χ4n) is 2.46. The molecular weight excluding hydrogens is 268 g/mol. The molecule has 3 rings (SSSR count). The molecule has 0 fully saturated rings. The van der Waals surface area contributed by atoms with Gasteiger partial charge in [0.05, 0.1) is 18.8 Å². The Morgan fingerprint density at radius 1 is 1.58 bits per heavy atom. The number of hydrogen-bond donors (Lipinski definition) is 2. The summed E-state index contributed by atoms with van der Waals surface area (Å²) in [6, 6.07) is 0. The summed E-state index contributed by atoms with van der Waals surface area (Å²) in [5, 5.41) is 18.1. The van der Waals surface area contributed by atoms with Crippen molar-refractivity contribution in [2.75, 3.05) is 20.2 Å². The van der Waals surface area contributed by atoms with Crippen LogP contribution in [0.2, 0.25) is 0 Å².